The normalized spacial score (nSPS) is 13.6. The van der Waals surface area contributed by atoms with Crippen LogP contribution in [0.15, 0.2) is 23.9 Å². The summed E-state index contributed by atoms with van der Waals surface area (Å²) in [6.07, 6.45) is 5.64. The highest BCUT2D eigenvalue weighted by Crippen LogP contribution is 2.01. The molecule has 0 unspecified atom stereocenters. The largest absolute Gasteiger partial charge is 0.392 e. The van der Waals surface area contributed by atoms with Crippen molar-refractivity contribution in [1.29, 1.82) is 0 Å². The quantitative estimate of drug-likeness (QED) is 0.489. The fourth-order valence-corrected chi connectivity index (χ4v) is 1.17. The van der Waals surface area contributed by atoms with Gasteiger partial charge in [0.2, 0.25) is 0 Å². The van der Waals surface area contributed by atoms with Crippen LogP contribution in [0.4, 0.5) is 0 Å². The van der Waals surface area contributed by atoms with Crippen LogP contribution in [0.3, 0.4) is 0 Å². The van der Waals surface area contributed by atoms with Gasteiger partial charge in [-0.15, -0.1) is 0 Å². The SMILES string of the molecule is C[Si](C)(C)C=CC=CCO. The smallest absolute Gasteiger partial charge is 0.0686 e. The summed E-state index contributed by atoms with van der Waals surface area (Å²) < 4.78 is 0. The zero-order valence-electron chi connectivity index (χ0n) is 6.96. The van der Waals surface area contributed by atoms with Crippen molar-refractivity contribution >= 4 is 8.07 Å². The zero-order valence-corrected chi connectivity index (χ0v) is 7.96. The molecule has 10 heavy (non-hydrogen) atoms. The van der Waals surface area contributed by atoms with E-state index in [4.69, 9.17) is 5.11 Å². The maximum atomic E-state index is 8.39. The van der Waals surface area contributed by atoms with Gasteiger partial charge < -0.3 is 5.11 Å². The number of allylic oxidation sites excluding steroid dienone is 2. The summed E-state index contributed by atoms with van der Waals surface area (Å²) in [6.45, 7) is 6.96. The van der Waals surface area contributed by atoms with E-state index in [0.29, 0.717) is 0 Å². The van der Waals surface area contributed by atoms with E-state index >= 15 is 0 Å². The fourth-order valence-electron chi connectivity index (χ4n) is 0.484. The Morgan fingerprint density at radius 3 is 2.20 bits per heavy atom. The molecule has 1 N–H and O–H groups in total. The lowest BCUT2D eigenvalue weighted by Gasteiger charge is -2.06. The van der Waals surface area contributed by atoms with Gasteiger partial charge in [-0.1, -0.05) is 43.6 Å². The molecule has 0 aromatic carbocycles. The van der Waals surface area contributed by atoms with Crippen molar-refractivity contribution in [3.63, 3.8) is 0 Å². The van der Waals surface area contributed by atoms with Gasteiger partial charge in [0.1, 0.15) is 0 Å². The van der Waals surface area contributed by atoms with E-state index in [1.807, 2.05) is 12.2 Å². The minimum absolute atomic E-state index is 0.135. The molecule has 0 atom stereocenters. The molecule has 0 fully saturated rings. The average Bonchev–Trinajstić information content (AvgIpc) is 1.78. The van der Waals surface area contributed by atoms with Crippen LogP contribution < -0.4 is 0 Å². The van der Waals surface area contributed by atoms with Crippen molar-refractivity contribution in [2.45, 2.75) is 19.6 Å². The molecule has 0 saturated carbocycles. The zero-order chi connectivity index (χ0) is 8.04. The predicted octanol–water partition coefficient (Wildman–Crippen LogP) is 1.97. The summed E-state index contributed by atoms with van der Waals surface area (Å²) in [6, 6.07) is 0. The lowest BCUT2D eigenvalue weighted by molar-refractivity contribution is 0.343. The Balaban J connectivity index is 3.66. The maximum Gasteiger partial charge on any atom is 0.0686 e. The first-order chi connectivity index (χ1) is 4.56. The lowest BCUT2D eigenvalue weighted by atomic mass is 10.5. The third kappa shape index (κ3) is 7.66. The Bertz CT molecular complexity index is 131. The highest BCUT2D eigenvalue weighted by molar-refractivity contribution is 6.80. The van der Waals surface area contributed by atoms with Crippen LogP contribution in [0.25, 0.3) is 0 Å². The molecule has 0 rings (SSSR count). The van der Waals surface area contributed by atoms with Crippen LogP contribution in [0.5, 0.6) is 0 Å². The third-order valence-electron chi connectivity index (χ3n) is 0.949. The third-order valence-corrected chi connectivity index (χ3v) is 2.14. The van der Waals surface area contributed by atoms with E-state index in [-0.39, 0.29) is 6.61 Å². The maximum absolute atomic E-state index is 8.39. The van der Waals surface area contributed by atoms with E-state index < -0.39 is 8.07 Å². The van der Waals surface area contributed by atoms with Gasteiger partial charge in [-0.3, -0.25) is 0 Å². The number of rotatable bonds is 3. The van der Waals surface area contributed by atoms with Crippen LogP contribution in [0.2, 0.25) is 19.6 Å². The Labute approximate surface area is 64.1 Å². The molecule has 0 bridgehead atoms. The molecule has 58 valence electrons. The van der Waals surface area contributed by atoms with Gasteiger partial charge in [-0.25, -0.2) is 0 Å². The fraction of sp³-hybridized carbons (Fsp3) is 0.500. The molecule has 0 aliphatic heterocycles. The van der Waals surface area contributed by atoms with Gasteiger partial charge >= 0.3 is 0 Å². The minimum atomic E-state index is -1.02. The Morgan fingerprint density at radius 1 is 1.20 bits per heavy atom. The molecule has 0 aliphatic rings. The second-order valence-corrected chi connectivity index (χ2v) is 8.40. The molecule has 2 heteroatoms. The molecule has 0 spiro atoms. The number of hydrogen-bond acceptors (Lipinski definition) is 1. The molecule has 0 aromatic rings. The molecule has 1 nitrogen and oxygen atoms in total. The van der Waals surface area contributed by atoms with E-state index in [0.717, 1.165) is 0 Å². The highest BCUT2D eigenvalue weighted by Gasteiger charge is 2.05. The molecule has 0 radical (unpaired) electrons. The molecular weight excluding hydrogens is 140 g/mol. The summed E-state index contributed by atoms with van der Waals surface area (Å²) in [5.41, 5.74) is 2.24. The summed E-state index contributed by atoms with van der Waals surface area (Å²) in [5, 5.41) is 8.39. The Hall–Kier alpha value is -0.343. The van der Waals surface area contributed by atoms with E-state index in [2.05, 4.69) is 25.3 Å². The topological polar surface area (TPSA) is 20.2 Å². The van der Waals surface area contributed by atoms with Crippen LogP contribution in [-0.4, -0.2) is 19.8 Å². The van der Waals surface area contributed by atoms with E-state index in [1.54, 1.807) is 6.08 Å². The van der Waals surface area contributed by atoms with Gasteiger partial charge in [0, 0.05) is 0 Å². The predicted molar refractivity (Wildman–Crippen MR) is 48.7 cm³/mol. The first-order valence-corrected chi connectivity index (χ1v) is 7.09. The summed E-state index contributed by atoms with van der Waals surface area (Å²) >= 11 is 0. The van der Waals surface area contributed by atoms with Gasteiger partial charge in [-0.05, 0) is 0 Å². The van der Waals surface area contributed by atoms with Crippen LogP contribution in [0, 0.1) is 0 Å². The molecule has 0 heterocycles. The van der Waals surface area contributed by atoms with Gasteiger partial charge in [0.15, 0.2) is 0 Å². The second-order valence-electron chi connectivity index (χ2n) is 3.34. The van der Waals surface area contributed by atoms with Gasteiger partial charge in [0.25, 0.3) is 0 Å². The summed E-state index contributed by atoms with van der Waals surface area (Å²) in [4.78, 5) is 0. The first kappa shape index (κ1) is 9.66. The molecule has 0 amide bonds. The van der Waals surface area contributed by atoms with Gasteiger partial charge in [-0.2, -0.15) is 0 Å². The molecule has 0 aromatic heterocycles. The van der Waals surface area contributed by atoms with Crippen molar-refractivity contribution in [3.8, 4) is 0 Å². The van der Waals surface area contributed by atoms with Gasteiger partial charge in [0.05, 0.1) is 14.7 Å². The molecular formula is C8H16OSi. The van der Waals surface area contributed by atoms with Crippen molar-refractivity contribution < 1.29 is 5.11 Å². The van der Waals surface area contributed by atoms with E-state index in [9.17, 15) is 0 Å². The number of aliphatic hydroxyl groups is 1. The van der Waals surface area contributed by atoms with E-state index in [1.165, 1.54) is 0 Å². The minimum Gasteiger partial charge on any atom is -0.392 e. The molecule has 0 saturated heterocycles. The lowest BCUT2D eigenvalue weighted by Crippen LogP contribution is -2.14. The van der Waals surface area contributed by atoms with Crippen molar-refractivity contribution in [2.75, 3.05) is 6.61 Å². The summed E-state index contributed by atoms with van der Waals surface area (Å²) in [7, 11) is -1.02. The Kier molecular flexibility index (Phi) is 4.32. The Morgan fingerprint density at radius 2 is 1.80 bits per heavy atom. The second kappa shape index (κ2) is 4.47. The van der Waals surface area contributed by atoms with Crippen molar-refractivity contribution in [1.82, 2.24) is 0 Å². The standard InChI is InChI=1S/C8H16OSi/c1-10(2,3)8-6-4-5-7-9/h4-6,8-9H,7H2,1-3H3. The highest BCUT2D eigenvalue weighted by atomic mass is 28.3. The number of aliphatic hydroxyl groups excluding tert-OH is 1. The van der Waals surface area contributed by atoms with Crippen LogP contribution >= 0.6 is 0 Å². The summed E-state index contributed by atoms with van der Waals surface area (Å²) in [5.74, 6) is 0. The van der Waals surface area contributed by atoms with Crippen molar-refractivity contribution in [3.05, 3.63) is 23.9 Å². The average molecular weight is 156 g/mol. The monoisotopic (exact) mass is 156 g/mol. The molecule has 0 aliphatic carbocycles. The van der Waals surface area contributed by atoms with Crippen molar-refractivity contribution in [2.24, 2.45) is 0 Å². The van der Waals surface area contributed by atoms with Crippen LogP contribution in [0.1, 0.15) is 0 Å². The number of hydrogen-bond donors (Lipinski definition) is 1. The first-order valence-electron chi connectivity index (χ1n) is 3.51. The van der Waals surface area contributed by atoms with Crippen LogP contribution in [-0.2, 0) is 0 Å².